The van der Waals surface area contributed by atoms with Gasteiger partial charge in [0.1, 0.15) is 11.3 Å². The SMILES string of the molecule is CC(Nc1ccc(C(=O)Nc2nncs2)cn1)c1ccc(Br)cc1. The fourth-order valence-electron chi connectivity index (χ4n) is 2.07. The second kappa shape index (κ2) is 7.50. The lowest BCUT2D eigenvalue weighted by Gasteiger charge is -2.15. The first kappa shape index (κ1) is 16.5. The third-order valence-electron chi connectivity index (χ3n) is 3.34. The van der Waals surface area contributed by atoms with Crippen molar-refractivity contribution < 1.29 is 4.79 Å². The summed E-state index contributed by atoms with van der Waals surface area (Å²) in [6.07, 6.45) is 1.53. The van der Waals surface area contributed by atoms with E-state index in [1.807, 2.05) is 24.3 Å². The summed E-state index contributed by atoms with van der Waals surface area (Å²) < 4.78 is 1.04. The van der Waals surface area contributed by atoms with Crippen LogP contribution in [0.2, 0.25) is 0 Å². The van der Waals surface area contributed by atoms with E-state index in [2.05, 4.69) is 48.7 Å². The van der Waals surface area contributed by atoms with Crippen molar-refractivity contribution in [2.24, 2.45) is 0 Å². The zero-order chi connectivity index (χ0) is 16.9. The molecule has 122 valence electrons. The lowest BCUT2D eigenvalue weighted by Crippen LogP contribution is -2.13. The molecule has 0 saturated heterocycles. The van der Waals surface area contributed by atoms with Gasteiger partial charge in [-0.1, -0.05) is 39.4 Å². The first-order chi connectivity index (χ1) is 11.6. The maximum absolute atomic E-state index is 12.1. The Morgan fingerprint density at radius 2 is 2.00 bits per heavy atom. The van der Waals surface area contributed by atoms with Crippen molar-refractivity contribution in [3.05, 3.63) is 63.7 Å². The van der Waals surface area contributed by atoms with E-state index >= 15 is 0 Å². The van der Waals surface area contributed by atoms with E-state index in [1.165, 1.54) is 17.5 Å². The number of amides is 1. The molecule has 3 aromatic rings. The third kappa shape index (κ3) is 4.15. The van der Waals surface area contributed by atoms with Crippen LogP contribution in [0.5, 0.6) is 0 Å². The van der Waals surface area contributed by atoms with Gasteiger partial charge in [0.05, 0.1) is 5.56 Å². The molecular formula is C16H14BrN5OS. The highest BCUT2D eigenvalue weighted by molar-refractivity contribution is 9.10. The molecular weight excluding hydrogens is 390 g/mol. The second-order valence-corrected chi connectivity index (χ2v) is 6.80. The van der Waals surface area contributed by atoms with Crippen LogP contribution in [0.15, 0.2) is 52.6 Å². The lowest BCUT2D eigenvalue weighted by atomic mass is 10.1. The molecule has 2 aromatic heterocycles. The maximum atomic E-state index is 12.1. The first-order valence-corrected chi connectivity index (χ1v) is 8.84. The van der Waals surface area contributed by atoms with Gasteiger partial charge < -0.3 is 5.32 Å². The van der Waals surface area contributed by atoms with E-state index < -0.39 is 0 Å². The molecule has 3 rings (SSSR count). The Morgan fingerprint density at radius 1 is 1.21 bits per heavy atom. The van der Waals surface area contributed by atoms with Crippen molar-refractivity contribution in [3.8, 4) is 0 Å². The Balaban J connectivity index is 1.63. The molecule has 24 heavy (non-hydrogen) atoms. The first-order valence-electron chi connectivity index (χ1n) is 7.17. The number of rotatable bonds is 5. The summed E-state index contributed by atoms with van der Waals surface area (Å²) >= 11 is 4.69. The number of pyridine rings is 1. The minimum Gasteiger partial charge on any atom is -0.364 e. The van der Waals surface area contributed by atoms with Crippen LogP contribution in [0, 0.1) is 0 Å². The number of carbonyl (C=O) groups excluding carboxylic acids is 1. The van der Waals surface area contributed by atoms with Crippen LogP contribution in [0.1, 0.15) is 28.9 Å². The van der Waals surface area contributed by atoms with Gasteiger partial charge in [0.2, 0.25) is 5.13 Å². The van der Waals surface area contributed by atoms with Crippen molar-refractivity contribution in [2.75, 3.05) is 10.6 Å². The molecule has 0 fully saturated rings. The molecule has 8 heteroatoms. The molecule has 1 atom stereocenters. The molecule has 0 spiro atoms. The van der Waals surface area contributed by atoms with Gasteiger partial charge in [0.15, 0.2) is 0 Å². The topological polar surface area (TPSA) is 79.8 Å². The summed E-state index contributed by atoms with van der Waals surface area (Å²) in [5.41, 5.74) is 3.18. The van der Waals surface area contributed by atoms with Crippen LogP contribution in [-0.4, -0.2) is 21.1 Å². The lowest BCUT2D eigenvalue weighted by molar-refractivity contribution is 0.102. The Labute approximate surface area is 151 Å². The molecule has 0 aliphatic carbocycles. The van der Waals surface area contributed by atoms with Gasteiger partial charge in [-0.15, -0.1) is 10.2 Å². The van der Waals surface area contributed by atoms with Crippen LogP contribution in [-0.2, 0) is 0 Å². The van der Waals surface area contributed by atoms with E-state index in [1.54, 1.807) is 17.6 Å². The number of benzene rings is 1. The minimum atomic E-state index is -0.258. The zero-order valence-corrected chi connectivity index (χ0v) is 15.1. The number of nitrogens with one attached hydrogen (secondary N) is 2. The van der Waals surface area contributed by atoms with E-state index in [0.29, 0.717) is 16.5 Å². The predicted molar refractivity (Wildman–Crippen MR) is 98.3 cm³/mol. The molecule has 1 unspecified atom stereocenters. The fourth-order valence-corrected chi connectivity index (χ4v) is 2.77. The van der Waals surface area contributed by atoms with Gasteiger partial charge in [-0.25, -0.2) is 4.98 Å². The smallest absolute Gasteiger partial charge is 0.259 e. The van der Waals surface area contributed by atoms with E-state index in [4.69, 9.17) is 0 Å². The van der Waals surface area contributed by atoms with Gasteiger partial charge >= 0.3 is 0 Å². The Morgan fingerprint density at radius 3 is 2.62 bits per heavy atom. The summed E-state index contributed by atoms with van der Waals surface area (Å²) in [6, 6.07) is 11.7. The summed E-state index contributed by atoms with van der Waals surface area (Å²) in [4.78, 5) is 16.4. The predicted octanol–water partition coefficient (Wildman–Crippen LogP) is 4.12. The van der Waals surface area contributed by atoms with Crippen molar-refractivity contribution >= 4 is 44.1 Å². The summed E-state index contributed by atoms with van der Waals surface area (Å²) in [6.45, 7) is 2.06. The van der Waals surface area contributed by atoms with E-state index in [-0.39, 0.29) is 11.9 Å². The molecule has 2 heterocycles. The van der Waals surface area contributed by atoms with Gasteiger partial charge in [0.25, 0.3) is 5.91 Å². The molecule has 0 saturated carbocycles. The second-order valence-electron chi connectivity index (χ2n) is 5.05. The quantitative estimate of drug-likeness (QED) is 0.669. The van der Waals surface area contributed by atoms with Gasteiger partial charge in [-0.3, -0.25) is 10.1 Å². The minimum absolute atomic E-state index is 0.103. The molecule has 0 radical (unpaired) electrons. The van der Waals surface area contributed by atoms with Crippen LogP contribution in [0.25, 0.3) is 0 Å². The van der Waals surface area contributed by atoms with Crippen molar-refractivity contribution in [1.82, 2.24) is 15.2 Å². The highest BCUT2D eigenvalue weighted by Crippen LogP contribution is 2.20. The molecule has 0 aliphatic rings. The highest BCUT2D eigenvalue weighted by atomic mass is 79.9. The number of halogens is 1. The molecule has 1 aromatic carbocycles. The molecule has 2 N–H and O–H groups in total. The standard InChI is InChI=1S/C16H14BrN5OS/c1-10(11-2-5-13(17)6-3-11)20-14-7-4-12(8-18-14)15(23)21-16-22-19-9-24-16/h2-10H,1H3,(H,18,20)(H,21,22,23). The molecule has 1 amide bonds. The molecule has 6 nitrogen and oxygen atoms in total. The highest BCUT2D eigenvalue weighted by Gasteiger charge is 2.10. The number of carbonyl (C=O) groups is 1. The Bertz CT molecular complexity index is 805. The number of anilines is 2. The Kier molecular flexibility index (Phi) is 5.17. The molecule has 0 aliphatic heterocycles. The van der Waals surface area contributed by atoms with Crippen LogP contribution in [0.3, 0.4) is 0 Å². The normalized spacial score (nSPS) is 11.8. The number of aromatic nitrogens is 3. The fraction of sp³-hybridized carbons (Fsp3) is 0.125. The largest absolute Gasteiger partial charge is 0.364 e. The Hall–Kier alpha value is -2.32. The van der Waals surface area contributed by atoms with Crippen molar-refractivity contribution in [2.45, 2.75) is 13.0 Å². The molecule has 0 bridgehead atoms. The summed E-state index contributed by atoms with van der Waals surface area (Å²) in [5, 5.41) is 13.9. The number of hydrogen-bond donors (Lipinski definition) is 2. The monoisotopic (exact) mass is 403 g/mol. The maximum Gasteiger partial charge on any atom is 0.259 e. The van der Waals surface area contributed by atoms with E-state index in [0.717, 1.165) is 10.0 Å². The number of nitrogens with zero attached hydrogens (tertiary/aromatic N) is 3. The third-order valence-corrected chi connectivity index (χ3v) is 4.48. The van der Waals surface area contributed by atoms with Gasteiger partial charge in [-0.2, -0.15) is 0 Å². The number of hydrogen-bond acceptors (Lipinski definition) is 6. The average molecular weight is 404 g/mol. The van der Waals surface area contributed by atoms with Gasteiger partial charge in [-0.05, 0) is 36.8 Å². The van der Waals surface area contributed by atoms with Gasteiger partial charge in [0, 0.05) is 16.7 Å². The van der Waals surface area contributed by atoms with Crippen LogP contribution >= 0.6 is 27.3 Å². The van der Waals surface area contributed by atoms with Crippen molar-refractivity contribution in [3.63, 3.8) is 0 Å². The summed E-state index contributed by atoms with van der Waals surface area (Å²) in [5.74, 6) is 0.449. The van der Waals surface area contributed by atoms with Crippen LogP contribution < -0.4 is 10.6 Å². The zero-order valence-electron chi connectivity index (χ0n) is 12.7. The van der Waals surface area contributed by atoms with Crippen molar-refractivity contribution in [1.29, 1.82) is 0 Å². The average Bonchev–Trinajstić information content (AvgIpc) is 3.09. The summed E-state index contributed by atoms with van der Waals surface area (Å²) in [7, 11) is 0. The van der Waals surface area contributed by atoms with E-state index in [9.17, 15) is 4.79 Å². The van der Waals surface area contributed by atoms with Crippen LogP contribution in [0.4, 0.5) is 10.9 Å².